The molecule has 23 heavy (non-hydrogen) atoms. The number of piperazine rings is 1. The zero-order valence-electron chi connectivity index (χ0n) is 13.1. The lowest BCUT2D eigenvalue weighted by atomic mass is 10.2. The number of aromatic nitrogens is 1. The number of hydrogen-bond donors (Lipinski definition) is 2. The molecule has 0 bridgehead atoms. The Labute approximate surface area is 139 Å². The van der Waals surface area contributed by atoms with Crippen LogP contribution in [0.2, 0.25) is 0 Å². The molecule has 1 aromatic rings. The highest BCUT2D eigenvalue weighted by Crippen LogP contribution is 2.27. The van der Waals surface area contributed by atoms with E-state index in [1.807, 2.05) is 6.07 Å². The van der Waals surface area contributed by atoms with Crippen LogP contribution in [0.25, 0.3) is 0 Å². The van der Waals surface area contributed by atoms with Gasteiger partial charge in [0.05, 0.1) is 5.69 Å². The summed E-state index contributed by atoms with van der Waals surface area (Å²) in [6, 6.07) is 1.99. The van der Waals surface area contributed by atoms with Crippen LogP contribution in [-0.2, 0) is 17.8 Å². The van der Waals surface area contributed by atoms with Gasteiger partial charge in [-0.15, -0.1) is 11.3 Å². The Balaban J connectivity index is 1.68. The van der Waals surface area contributed by atoms with Crippen LogP contribution < -0.4 is 10.6 Å². The van der Waals surface area contributed by atoms with E-state index in [0.29, 0.717) is 13.1 Å². The summed E-state index contributed by atoms with van der Waals surface area (Å²) >= 11 is 1.59. The number of carbonyl (C=O) groups excluding carboxylic acids is 1. The lowest BCUT2D eigenvalue weighted by molar-refractivity contribution is -0.127. The van der Waals surface area contributed by atoms with E-state index in [1.165, 1.54) is 11.1 Å². The summed E-state index contributed by atoms with van der Waals surface area (Å²) in [6.45, 7) is 4.72. The van der Waals surface area contributed by atoms with Crippen LogP contribution in [0.5, 0.6) is 0 Å². The molecule has 1 amide bonds. The Hall–Kier alpha value is -1.95. The third kappa shape index (κ3) is 3.69. The fraction of sp³-hybridized carbons (Fsp3) is 0.533. The molecule has 2 N–H and O–H groups in total. The molecule has 0 atom stereocenters. The van der Waals surface area contributed by atoms with Crippen molar-refractivity contribution < 1.29 is 4.79 Å². The van der Waals surface area contributed by atoms with Crippen LogP contribution in [0.1, 0.15) is 10.6 Å². The van der Waals surface area contributed by atoms with Gasteiger partial charge in [-0.2, -0.15) is 5.26 Å². The van der Waals surface area contributed by atoms with Crippen molar-refractivity contribution in [3.05, 3.63) is 22.3 Å². The summed E-state index contributed by atoms with van der Waals surface area (Å²) in [5, 5.41) is 16.2. The van der Waals surface area contributed by atoms with Crippen molar-refractivity contribution in [1.82, 2.24) is 20.1 Å². The van der Waals surface area contributed by atoms with Gasteiger partial charge in [0.1, 0.15) is 11.6 Å². The number of nitrogens with zero attached hydrogens (tertiary/aromatic N) is 4. The van der Waals surface area contributed by atoms with E-state index in [0.717, 1.165) is 43.4 Å². The lowest BCUT2D eigenvalue weighted by Gasteiger charge is -2.27. The van der Waals surface area contributed by atoms with Crippen LogP contribution in [0.4, 0.5) is 5.13 Å². The average Bonchev–Trinajstić information content (AvgIpc) is 2.98. The van der Waals surface area contributed by atoms with Crippen LogP contribution in [-0.4, -0.2) is 60.5 Å². The first-order valence-electron chi connectivity index (χ1n) is 7.71. The van der Waals surface area contributed by atoms with Gasteiger partial charge in [-0.05, 0) is 7.05 Å². The second kappa shape index (κ2) is 7.08. The Kier molecular flexibility index (Phi) is 4.91. The molecule has 0 saturated carbocycles. The molecule has 3 heterocycles. The van der Waals surface area contributed by atoms with Gasteiger partial charge in [-0.25, -0.2) is 4.98 Å². The van der Waals surface area contributed by atoms with Crippen molar-refractivity contribution in [2.75, 3.05) is 45.1 Å². The highest BCUT2D eigenvalue weighted by atomic mass is 32.1. The number of thiazole rings is 1. The van der Waals surface area contributed by atoms with E-state index in [4.69, 9.17) is 0 Å². The van der Waals surface area contributed by atoms with Crippen molar-refractivity contribution in [3.63, 3.8) is 0 Å². The van der Waals surface area contributed by atoms with Crippen molar-refractivity contribution in [2.24, 2.45) is 0 Å². The van der Waals surface area contributed by atoms with Gasteiger partial charge in [-0.3, -0.25) is 4.79 Å². The number of amides is 1. The van der Waals surface area contributed by atoms with Crippen molar-refractivity contribution in [2.45, 2.75) is 13.0 Å². The van der Waals surface area contributed by atoms with Crippen molar-refractivity contribution in [3.8, 4) is 6.07 Å². The summed E-state index contributed by atoms with van der Waals surface area (Å²) in [7, 11) is 2.09. The molecule has 1 saturated heterocycles. The Morgan fingerprint density at radius 3 is 2.96 bits per heavy atom. The van der Waals surface area contributed by atoms with Gasteiger partial charge >= 0.3 is 0 Å². The Bertz CT molecular complexity index is 655. The number of hydrogen-bond acceptors (Lipinski definition) is 7. The number of rotatable bonds is 3. The second-order valence-corrected chi connectivity index (χ2v) is 6.82. The standard InChI is InChI=1S/C15H20N6OS/c1-20-5-2-12-13(10-20)23-15(19-12)18-9-11(8-16)14(22)21-6-3-17-4-7-21/h9,17H,2-7,10H2,1H3,(H,18,19)/b11-9-. The van der Waals surface area contributed by atoms with Gasteiger partial charge < -0.3 is 20.4 Å². The van der Waals surface area contributed by atoms with E-state index in [9.17, 15) is 10.1 Å². The smallest absolute Gasteiger partial charge is 0.266 e. The number of likely N-dealkylation sites (N-methyl/N-ethyl adjacent to an activating group) is 1. The first-order valence-corrected chi connectivity index (χ1v) is 8.53. The predicted octanol–water partition coefficient (Wildman–Crippen LogP) is 0.382. The maximum Gasteiger partial charge on any atom is 0.266 e. The highest BCUT2D eigenvalue weighted by molar-refractivity contribution is 7.15. The maximum atomic E-state index is 12.3. The summed E-state index contributed by atoms with van der Waals surface area (Å²) in [6.07, 6.45) is 2.43. The summed E-state index contributed by atoms with van der Waals surface area (Å²) < 4.78 is 0. The molecule has 1 aromatic heterocycles. The first kappa shape index (κ1) is 15.9. The molecule has 1 fully saturated rings. The third-order valence-electron chi connectivity index (χ3n) is 4.02. The van der Waals surface area contributed by atoms with Crippen molar-refractivity contribution >= 4 is 22.4 Å². The minimum absolute atomic E-state index is 0.122. The minimum atomic E-state index is -0.220. The molecule has 8 heteroatoms. The van der Waals surface area contributed by atoms with E-state index in [2.05, 4.69) is 27.6 Å². The van der Waals surface area contributed by atoms with E-state index < -0.39 is 0 Å². The molecule has 0 aromatic carbocycles. The highest BCUT2D eigenvalue weighted by Gasteiger charge is 2.21. The average molecular weight is 332 g/mol. The molecule has 122 valence electrons. The number of fused-ring (bicyclic) bond motifs is 1. The number of carbonyl (C=O) groups is 1. The molecule has 0 unspecified atom stereocenters. The summed E-state index contributed by atoms with van der Waals surface area (Å²) in [4.78, 5) is 22.1. The third-order valence-corrected chi connectivity index (χ3v) is 5.03. The molecule has 2 aliphatic rings. The SMILES string of the molecule is CN1CCc2nc(N/C=C(/C#N)C(=O)N3CCNCC3)sc2C1. The molecule has 0 spiro atoms. The van der Waals surface area contributed by atoms with Crippen molar-refractivity contribution in [1.29, 1.82) is 5.26 Å². The molecular weight excluding hydrogens is 312 g/mol. The van der Waals surface area contributed by atoms with Crippen LogP contribution >= 0.6 is 11.3 Å². The van der Waals surface area contributed by atoms with E-state index in [-0.39, 0.29) is 11.5 Å². The topological polar surface area (TPSA) is 84.3 Å². The fourth-order valence-electron chi connectivity index (χ4n) is 2.70. The first-order chi connectivity index (χ1) is 11.2. The molecule has 7 nitrogen and oxygen atoms in total. The van der Waals surface area contributed by atoms with Gasteiger partial charge in [0, 0.05) is 56.8 Å². The van der Waals surface area contributed by atoms with Crippen LogP contribution in [0.3, 0.4) is 0 Å². The minimum Gasteiger partial charge on any atom is -0.337 e. The molecule has 0 aliphatic carbocycles. The Morgan fingerprint density at radius 1 is 1.43 bits per heavy atom. The maximum absolute atomic E-state index is 12.3. The van der Waals surface area contributed by atoms with E-state index >= 15 is 0 Å². The number of nitrogens with one attached hydrogen (secondary N) is 2. The van der Waals surface area contributed by atoms with E-state index in [1.54, 1.807) is 16.2 Å². The van der Waals surface area contributed by atoms with Gasteiger partial charge in [-0.1, -0.05) is 0 Å². The van der Waals surface area contributed by atoms with Gasteiger partial charge in [0.2, 0.25) is 0 Å². The zero-order chi connectivity index (χ0) is 16.2. The molecular formula is C15H20N6OS. The molecule has 0 radical (unpaired) electrons. The van der Waals surface area contributed by atoms with Crippen LogP contribution in [0.15, 0.2) is 11.8 Å². The molecule has 2 aliphatic heterocycles. The quantitative estimate of drug-likeness (QED) is 0.615. The summed E-state index contributed by atoms with van der Waals surface area (Å²) in [5.74, 6) is -0.220. The number of nitriles is 1. The fourth-order valence-corrected chi connectivity index (χ4v) is 3.76. The second-order valence-electron chi connectivity index (χ2n) is 5.73. The predicted molar refractivity (Wildman–Crippen MR) is 88.9 cm³/mol. The zero-order valence-corrected chi connectivity index (χ0v) is 13.9. The van der Waals surface area contributed by atoms with Crippen LogP contribution in [0, 0.1) is 11.3 Å². The van der Waals surface area contributed by atoms with Gasteiger partial charge in [0.15, 0.2) is 5.13 Å². The lowest BCUT2D eigenvalue weighted by Crippen LogP contribution is -2.46. The monoisotopic (exact) mass is 332 g/mol. The Morgan fingerprint density at radius 2 is 2.22 bits per heavy atom. The normalized spacial score (nSPS) is 19.1. The number of anilines is 1. The van der Waals surface area contributed by atoms with Gasteiger partial charge in [0.25, 0.3) is 5.91 Å². The summed E-state index contributed by atoms with van der Waals surface area (Å²) in [5.41, 5.74) is 1.24. The largest absolute Gasteiger partial charge is 0.337 e. The molecule has 3 rings (SSSR count).